The van der Waals surface area contributed by atoms with Crippen LogP contribution in [0.3, 0.4) is 0 Å². The molecule has 0 saturated carbocycles. The lowest BCUT2D eigenvalue weighted by Gasteiger charge is -2.22. The van der Waals surface area contributed by atoms with E-state index >= 15 is 0 Å². The number of aldehydes is 1. The van der Waals surface area contributed by atoms with E-state index in [-0.39, 0.29) is 12.3 Å². The van der Waals surface area contributed by atoms with Crippen molar-refractivity contribution in [3.63, 3.8) is 0 Å². The van der Waals surface area contributed by atoms with Crippen LogP contribution in [0.5, 0.6) is 5.75 Å². The molecule has 1 unspecified atom stereocenters. The van der Waals surface area contributed by atoms with E-state index in [1.54, 1.807) is 44.2 Å². The normalized spacial score (nSPS) is 15.0. The van der Waals surface area contributed by atoms with Crippen molar-refractivity contribution >= 4 is 19.8 Å². The Bertz CT molecular complexity index is 517. The standard InChI is InChI=1S/C14H20NO5P/c1-11(2)19-14(17)12(3)15-21(18,10-9-16)20-13-7-5-4-6-8-13/h4-9,11-12H,10H2,1-3H3,(H,15,18)/t12-,21?/m1/s1. The summed E-state index contributed by atoms with van der Waals surface area (Å²) in [6, 6.07) is 7.62. The highest BCUT2D eigenvalue weighted by molar-refractivity contribution is 7.58. The van der Waals surface area contributed by atoms with Crippen LogP contribution in [0.2, 0.25) is 0 Å². The van der Waals surface area contributed by atoms with Gasteiger partial charge in [-0.2, -0.15) is 0 Å². The third kappa shape index (κ3) is 6.10. The van der Waals surface area contributed by atoms with E-state index < -0.39 is 19.5 Å². The van der Waals surface area contributed by atoms with E-state index in [0.717, 1.165) is 0 Å². The number of para-hydroxylation sites is 1. The zero-order valence-electron chi connectivity index (χ0n) is 12.3. The number of benzene rings is 1. The first kappa shape index (κ1) is 17.4. The first-order valence-corrected chi connectivity index (χ1v) is 8.43. The Labute approximate surface area is 124 Å². The average Bonchev–Trinajstić information content (AvgIpc) is 2.38. The molecule has 1 aromatic carbocycles. The Hall–Kier alpha value is -1.65. The van der Waals surface area contributed by atoms with Gasteiger partial charge in [-0.05, 0) is 32.9 Å². The summed E-state index contributed by atoms with van der Waals surface area (Å²) in [6.45, 7) is 4.95. The van der Waals surface area contributed by atoms with Gasteiger partial charge in [-0.1, -0.05) is 18.2 Å². The lowest BCUT2D eigenvalue weighted by atomic mass is 10.3. The van der Waals surface area contributed by atoms with Crippen molar-refractivity contribution in [3.8, 4) is 5.75 Å². The van der Waals surface area contributed by atoms with Crippen LogP contribution in [-0.4, -0.2) is 30.6 Å². The van der Waals surface area contributed by atoms with Gasteiger partial charge in [0, 0.05) is 0 Å². The van der Waals surface area contributed by atoms with Gasteiger partial charge in [-0.3, -0.25) is 9.36 Å². The fraction of sp³-hybridized carbons (Fsp3) is 0.429. The van der Waals surface area contributed by atoms with Gasteiger partial charge in [0.1, 0.15) is 24.2 Å². The second kappa shape index (κ2) is 7.96. The van der Waals surface area contributed by atoms with Crippen LogP contribution < -0.4 is 9.61 Å². The maximum atomic E-state index is 12.6. The molecule has 0 heterocycles. The Morgan fingerprint density at radius 2 is 1.90 bits per heavy atom. The van der Waals surface area contributed by atoms with Gasteiger partial charge in [0.2, 0.25) is 0 Å². The molecule has 0 aliphatic carbocycles. The van der Waals surface area contributed by atoms with Crippen LogP contribution >= 0.6 is 7.52 Å². The van der Waals surface area contributed by atoms with Crippen LogP contribution in [0.4, 0.5) is 0 Å². The van der Waals surface area contributed by atoms with E-state index in [9.17, 15) is 14.2 Å². The summed E-state index contributed by atoms with van der Waals surface area (Å²) in [5.41, 5.74) is 0. The number of rotatable bonds is 8. The Morgan fingerprint density at radius 3 is 2.43 bits per heavy atom. The maximum Gasteiger partial charge on any atom is 0.324 e. The van der Waals surface area contributed by atoms with Crippen LogP contribution in [0.25, 0.3) is 0 Å². The van der Waals surface area contributed by atoms with Crippen molar-refractivity contribution < 1.29 is 23.4 Å². The van der Waals surface area contributed by atoms with Gasteiger partial charge in [-0.15, -0.1) is 0 Å². The smallest absolute Gasteiger partial charge is 0.324 e. The summed E-state index contributed by atoms with van der Waals surface area (Å²) < 4.78 is 23.0. The quantitative estimate of drug-likeness (QED) is 0.451. The molecule has 2 atom stereocenters. The van der Waals surface area contributed by atoms with Crippen LogP contribution in [-0.2, 0) is 18.9 Å². The van der Waals surface area contributed by atoms with Crippen molar-refractivity contribution in [2.45, 2.75) is 32.9 Å². The molecular weight excluding hydrogens is 293 g/mol. The molecule has 0 aliphatic heterocycles. The number of hydrogen-bond donors (Lipinski definition) is 1. The molecule has 7 heteroatoms. The number of carbonyl (C=O) groups excluding carboxylic acids is 2. The third-order valence-electron chi connectivity index (χ3n) is 2.41. The van der Waals surface area contributed by atoms with Gasteiger partial charge in [-0.25, -0.2) is 5.09 Å². The molecule has 0 saturated heterocycles. The molecule has 0 aromatic heterocycles. The van der Waals surface area contributed by atoms with Crippen molar-refractivity contribution in [1.29, 1.82) is 0 Å². The zero-order chi connectivity index (χ0) is 15.9. The summed E-state index contributed by atoms with van der Waals surface area (Å²) in [6.07, 6.45) is -0.111. The van der Waals surface area contributed by atoms with E-state index in [1.807, 2.05) is 0 Å². The first-order chi connectivity index (χ1) is 9.86. The number of hydrogen-bond acceptors (Lipinski definition) is 5. The maximum absolute atomic E-state index is 12.6. The lowest BCUT2D eigenvalue weighted by molar-refractivity contribution is -0.149. The Morgan fingerprint density at radius 1 is 1.29 bits per heavy atom. The first-order valence-electron chi connectivity index (χ1n) is 6.62. The van der Waals surface area contributed by atoms with Crippen LogP contribution in [0, 0.1) is 0 Å². The summed E-state index contributed by atoms with van der Waals surface area (Å²) in [5.74, 6) is -0.188. The molecule has 0 bridgehead atoms. The minimum absolute atomic E-state index is 0.276. The molecule has 0 fully saturated rings. The molecule has 6 nitrogen and oxygen atoms in total. The molecule has 1 aromatic rings. The largest absolute Gasteiger partial charge is 0.462 e. The van der Waals surface area contributed by atoms with Crippen molar-refractivity contribution in [1.82, 2.24) is 5.09 Å². The van der Waals surface area contributed by atoms with Crippen LogP contribution in [0.15, 0.2) is 30.3 Å². The zero-order valence-corrected chi connectivity index (χ0v) is 13.2. The molecule has 21 heavy (non-hydrogen) atoms. The molecule has 0 aliphatic rings. The highest BCUT2D eigenvalue weighted by atomic mass is 31.2. The molecule has 0 radical (unpaired) electrons. The topological polar surface area (TPSA) is 81.7 Å². The van der Waals surface area contributed by atoms with E-state index in [0.29, 0.717) is 12.0 Å². The molecular formula is C14H20NO5P. The lowest BCUT2D eigenvalue weighted by Crippen LogP contribution is -2.36. The van der Waals surface area contributed by atoms with Crippen molar-refractivity contribution in [2.24, 2.45) is 0 Å². The highest BCUT2D eigenvalue weighted by Gasteiger charge is 2.30. The Kier molecular flexibility index (Phi) is 6.59. The van der Waals surface area contributed by atoms with E-state index in [2.05, 4.69) is 5.09 Å². The molecule has 116 valence electrons. The summed E-state index contributed by atoms with van der Waals surface area (Å²) in [7, 11) is -3.51. The third-order valence-corrected chi connectivity index (χ3v) is 4.32. The fourth-order valence-corrected chi connectivity index (χ4v) is 3.13. The molecule has 1 rings (SSSR count). The predicted octanol–water partition coefficient (Wildman–Crippen LogP) is 2.39. The van der Waals surface area contributed by atoms with Gasteiger partial charge in [0.25, 0.3) is 0 Å². The molecule has 1 N–H and O–H groups in total. The number of carbonyl (C=O) groups is 2. The minimum atomic E-state index is -3.51. The summed E-state index contributed by atoms with van der Waals surface area (Å²) >= 11 is 0. The Balaban J connectivity index is 2.78. The fourth-order valence-electron chi connectivity index (χ4n) is 1.55. The van der Waals surface area contributed by atoms with Crippen LogP contribution in [0.1, 0.15) is 20.8 Å². The molecule has 0 spiro atoms. The second-order valence-electron chi connectivity index (χ2n) is 4.76. The minimum Gasteiger partial charge on any atom is -0.462 e. The van der Waals surface area contributed by atoms with Crippen molar-refractivity contribution in [2.75, 3.05) is 6.16 Å². The number of esters is 1. The average molecular weight is 313 g/mol. The van der Waals surface area contributed by atoms with Gasteiger partial charge in [0.15, 0.2) is 0 Å². The van der Waals surface area contributed by atoms with Gasteiger partial charge < -0.3 is 14.1 Å². The monoisotopic (exact) mass is 313 g/mol. The number of nitrogens with one attached hydrogen (secondary N) is 1. The van der Waals surface area contributed by atoms with Gasteiger partial charge >= 0.3 is 13.5 Å². The summed E-state index contributed by atoms with van der Waals surface area (Å²) in [4.78, 5) is 22.5. The SMILES string of the molecule is CC(C)OC(=O)[C@@H](C)NP(=O)(CC=O)Oc1ccccc1. The molecule has 0 amide bonds. The van der Waals surface area contributed by atoms with Gasteiger partial charge in [0.05, 0.1) is 6.10 Å². The second-order valence-corrected chi connectivity index (χ2v) is 6.92. The van der Waals surface area contributed by atoms with Crippen molar-refractivity contribution in [3.05, 3.63) is 30.3 Å². The van der Waals surface area contributed by atoms with E-state index in [1.165, 1.54) is 6.92 Å². The summed E-state index contributed by atoms with van der Waals surface area (Å²) in [5, 5.41) is 2.58. The highest BCUT2D eigenvalue weighted by Crippen LogP contribution is 2.42. The predicted molar refractivity (Wildman–Crippen MR) is 79.4 cm³/mol. The number of ether oxygens (including phenoxy) is 1. The van der Waals surface area contributed by atoms with E-state index in [4.69, 9.17) is 9.26 Å².